The monoisotopic (exact) mass is 328 g/mol. The largest absolute Gasteiger partial charge is 0.322 e. The SMILES string of the molecule is O=C(Nc1ccc2nccnc2c1)c1cccnc1Br. The van der Waals surface area contributed by atoms with E-state index >= 15 is 0 Å². The van der Waals surface area contributed by atoms with E-state index in [1.807, 2.05) is 6.07 Å². The van der Waals surface area contributed by atoms with Crippen molar-refractivity contribution >= 4 is 38.6 Å². The number of pyridine rings is 1. The second-order valence-electron chi connectivity index (χ2n) is 4.06. The average molecular weight is 329 g/mol. The number of carbonyl (C=O) groups excluding carboxylic acids is 1. The van der Waals surface area contributed by atoms with E-state index in [-0.39, 0.29) is 5.91 Å². The number of nitrogens with zero attached hydrogens (tertiary/aromatic N) is 3. The topological polar surface area (TPSA) is 67.8 Å². The van der Waals surface area contributed by atoms with E-state index < -0.39 is 0 Å². The zero-order chi connectivity index (χ0) is 13.9. The predicted octanol–water partition coefficient (Wildman–Crippen LogP) is 3.04. The number of anilines is 1. The van der Waals surface area contributed by atoms with Crippen LogP contribution in [-0.2, 0) is 0 Å². The Kier molecular flexibility index (Phi) is 3.39. The number of carbonyl (C=O) groups is 1. The van der Waals surface area contributed by atoms with Gasteiger partial charge in [-0.2, -0.15) is 0 Å². The minimum Gasteiger partial charge on any atom is -0.322 e. The molecule has 1 aromatic carbocycles. The molecule has 0 aliphatic heterocycles. The van der Waals surface area contributed by atoms with Gasteiger partial charge in [0, 0.05) is 24.3 Å². The summed E-state index contributed by atoms with van der Waals surface area (Å²) in [7, 11) is 0. The molecule has 5 nitrogen and oxygen atoms in total. The van der Waals surface area contributed by atoms with Gasteiger partial charge in [0.1, 0.15) is 4.60 Å². The van der Waals surface area contributed by atoms with Crippen molar-refractivity contribution < 1.29 is 4.79 Å². The van der Waals surface area contributed by atoms with Gasteiger partial charge in [-0.1, -0.05) is 0 Å². The summed E-state index contributed by atoms with van der Waals surface area (Å²) < 4.78 is 0.512. The van der Waals surface area contributed by atoms with Crippen molar-refractivity contribution in [1.29, 1.82) is 0 Å². The van der Waals surface area contributed by atoms with Crippen molar-refractivity contribution in [3.63, 3.8) is 0 Å². The first-order valence-electron chi connectivity index (χ1n) is 5.87. The fraction of sp³-hybridized carbons (Fsp3) is 0. The third-order valence-electron chi connectivity index (χ3n) is 2.73. The maximum atomic E-state index is 12.2. The summed E-state index contributed by atoms with van der Waals surface area (Å²) in [5.41, 5.74) is 2.66. The molecule has 0 bridgehead atoms. The van der Waals surface area contributed by atoms with E-state index in [1.54, 1.807) is 42.9 Å². The summed E-state index contributed by atoms with van der Waals surface area (Å²) in [5, 5.41) is 2.81. The van der Waals surface area contributed by atoms with E-state index in [0.29, 0.717) is 15.9 Å². The molecule has 0 aliphatic rings. The van der Waals surface area contributed by atoms with Crippen LogP contribution in [0.3, 0.4) is 0 Å². The lowest BCUT2D eigenvalue weighted by atomic mass is 10.2. The van der Waals surface area contributed by atoms with Crippen LogP contribution in [0.25, 0.3) is 11.0 Å². The Balaban J connectivity index is 1.89. The van der Waals surface area contributed by atoms with Crippen molar-refractivity contribution in [3.05, 3.63) is 59.1 Å². The molecule has 0 atom stereocenters. The van der Waals surface area contributed by atoms with Gasteiger partial charge in [-0.25, -0.2) is 4.98 Å². The summed E-state index contributed by atoms with van der Waals surface area (Å²) in [5.74, 6) is -0.229. The standard InChI is InChI=1S/C14H9BrN4O/c15-13-10(2-1-5-18-13)14(20)19-9-3-4-11-12(8-9)17-7-6-16-11/h1-8H,(H,19,20). The quantitative estimate of drug-likeness (QED) is 0.734. The zero-order valence-corrected chi connectivity index (χ0v) is 11.8. The van der Waals surface area contributed by atoms with Gasteiger partial charge in [0.15, 0.2) is 0 Å². The fourth-order valence-electron chi connectivity index (χ4n) is 1.79. The van der Waals surface area contributed by atoms with E-state index in [0.717, 1.165) is 11.0 Å². The maximum absolute atomic E-state index is 12.2. The molecular formula is C14H9BrN4O. The molecule has 0 saturated heterocycles. The smallest absolute Gasteiger partial charge is 0.258 e. The Hall–Kier alpha value is -2.34. The molecule has 2 heterocycles. The van der Waals surface area contributed by atoms with Crippen LogP contribution in [0.15, 0.2) is 53.5 Å². The molecule has 3 aromatic rings. The van der Waals surface area contributed by atoms with Crippen LogP contribution in [0.5, 0.6) is 0 Å². The average Bonchev–Trinajstić information content (AvgIpc) is 2.47. The third-order valence-corrected chi connectivity index (χ3v) is 3.36. The number of aromatic nitrogens is 3. The van der Waals surface area contributed by atoms with Crippen LogP contribution < -0.4 is 5.32 Å². The summed E-state index contributed by atoms with van der Waals surface area (Å²) in [6, 6.07) is 8.80. The van der Waals surface area contributed by atoms with E-state index in [9.17, 15) is 4.79 Å². The lowest BCUT2D eigenvalue weighted by molar-refractivity contribution is 0.102. The van der Waals surface area contributed by atoms with Gasteiger partial charge in [-0.05, 0) is 46.3 Å². The molecule has 0 saturated carbocycles. The Morgan fingerprint density at radius 2 is 1.80 bits per heavy atom. The van der Waals surface area contributed by atoms with Gasteiger partial charge in [-0.3, -0.25) is 14.8 Å². The minimum absolute atomic E-state index is 0.229. The van der Waals surface area contributed by atoms with Gasteiger partial charge in [0.25, 0.3) is 5.91 Å². The van der Waals surface area contributed by atoms with Crippen LogP contribution in [0, 0.1) is 0 Å². The van der Waals surface area contributed by atoms with E-state index in [4.69, 9.17) is 0 Å². The highest BCUT2D eigenvalue weighted by Gasteiger charge is 2.10. The number of hydrogen-bond donors (Lipinski definition) is 1. The Morgan fingerprint density at radius 1 is 1.00 bits per heavy atom. The molecule has 20 heavy (non-hydrogen) atoms. The molecule has 3 rings (SSSR count). The van der Waals surface area contributed by atoms with Gasteiger partial charge >= 0.3 is 0 Å². The number of benzene rings is 1. The molecule has 0 radical (unpaired) electrons. The normalized spacial score (nSPS) is 10.4. The fourth-order valence-corrected chi connectivity index (χ4v) is 2.23. The van der Waals surface area contributed by atoms with Crippen LogP contribution in [0.4, 0.5) is 5.69 Å². The van der Waals surface area contributed by atoms with Crippen molar-refractivity contribution in [2.45, 2.75) is 0 Å². The summed E-state index contributed by atoms with van der Waals surface area (Å²) >= 11 is 3.26. The van der Waals surface area contributed by atoms with Crippen molar-refractivity contribution in [3.8, 4) is 0 Å². The molecule has 1 N–H and O–H groups in total. The lowest BCUT2D eigenvalue weighted by Gasteiger charge is -2.06. The predicted molar refractivity (Wildman–Crippen MR) is 79.4 cm³/mol. The van der Waals surface area contributed by atoms with E-state index in [1.165, 1.54) is 0 Å². The van der Waals surface area contributed by atoms with Crippen LogP contribution in [0.2, 0.25) is 0 Å². The Bertz CT molecular complexity index is 791. The first-order chi connectivity index (χ1) is 9.74. The van der Waals surface area contributed by atoms with Crippen LogP contribution in [0.1, 0.15) is 10.4 Å². The van der Waals surface area contributed by atoms with Crippen molar-refractivity contribution in [1.82, 2.24) is 15.0 Å². The van der Waals surface area contributed by atoms with Gasteiger partial charge in [0.2, 0.25) is 0 Å². The number of nitrogens with one attached hydrogen (secondary N) is 1. The Morgan fingerprint density at radius 3 is 2.60 bits per heavy atom. The number of halogens is 1. The van der Waals surface area contributed by atoms with Gasteiger partial charge < -0.3 is 5.32 Å². The number of rotatable bonds is 2. The zero-order valence-electron chi connectivity index (χ0n) is 10.2. The first-order valence-corrected chi connectivity index (χ1v) is 6.66. The molecule has 0 spiro atoms. The summed E-state index contributed by atoms with van der Waals surface area (Å²) in [6.45, 7) is 0. The molecule has 2 aromatic heterocycles. The molecule has 0 aliphatic carbocycles. The third kappa shape index (κ3) is 2.50. The van der Waals surface area contributed by atoms with Crippen molar-refractivity contribution in [2.75, 3.05) is 5.32 Å². The maximum Gasteiger partial charge on any atom is 0.258 e. The summed E-state index contributed by atoms with van der Waals surface area (Å²) in [4.78, 5) is 24.6. The van der Waals surface area contributed by atoms with Gasteiger partial charge in [-0.15, -0.1) is 0 Å². The minimum atomic E-state index is -0.229. The highest BCUT2D eigenvalue weighted by atomic mass is 79.9. The number of fused-ring (bicyclic) bond motifs is 1. The first kappa shape index (κ1) is 12.7. The second-order valence-corrected chi connectivity index (χ2v) is 4.81. The van der Waals surface area contributed by atoms with Crippen molar-refractivity contribution in [2.24, 2.45) is 0 Å². The summed E-state index contributed by atoms with van der Waals surface area (Å²) in [6.07, 6.45) is 4.87. The second kappa shape index (κ2) is 5.34. The van der Waals surface area contributed by atoms with Crippen LogP contribution in [-0.4, -0.2) is 20.9 Å². The molecule has 1 amide bonds. The number of hydrogen-bond acceptors (Lipinski definition) is 4. The number of amides is 1. The molecule has 98 valence electrons. The molecular weight excluding hydrogens is 320 g/mol. The highest BCUT2D eigenvalue weighted by molar-refractivity contribution is 9.10. The van der Waals surface area contributed by atoms with E-state index in [2.05, 4.69) is 36.2 Å². The van der Waals surface area contributed by atoms with Gasteiger partial charge in [0.05, 0.1) is 16.6 Å². The molecule has 0 fully saturated rings. The molecule has 6 heteroatoms. The lowest BCUT2D eigenvalue weighted by Crippen LogP contribution is -2.13. The molecule has 0 unspecified atom stereocenters. The highest BCUT2D eigenvalue weighted by Crippen LogP contribution is 2.18. The Labute approximate surface area is 123 Å². The van der Waals surface area contributed by atoms with Crippen LogP contribution >= 0.6 is 15.9 Å².